The fourth-order valence-corrected chi connectivity index (χ4v) is 3.32. The third kappa shape index (κ3) is 3.67. The van der Waals surface area contributed by atoms with Crippen LogP contribution in [0.1, 0.15) is 44.9 Å². The summed E-state index contributed by atoms with van der Waals surface area (Å²) in [5.41, 5.74) is 0. The molecule has 15 heavy (non-hydrogen) atoms. The summed E-state index contributed by atoms with van der Waals surface area (Å²) in [6.45, 7) is 1.22. The molecule has 1 N–H and O–H groups in total. The number of thioether (sulfide) groups is 1. The van der Waals surface area contributed by atoms with E-state index in [0.717, 1.165) is 17.9 Å². The minimum Gasteiger partial charge on any atom is -0.313 e. The van der Waals surface area contributed by atoms with Gasteiger partial charge in [0.2, 0.25) is 0 Å². The topological polar surface area (TPSA) is 12.0 Å². The number of hydrogen-bond acceptors (Lipinski definition) is 2. The summed E-state index contributed by atoms with van der Waals surface area (Å²) in [6, 6.07) is 0.873. The van der Waals surface area contributed by atoms with E-state index in [2.05, 4.69) is 11.6 Å². The van der Waals surface area contributed by atoms with Crippen molar-refractivity contribution < 1.29 is 0 Å². The quantitative estimate of drug-likeness (QED) is 0.699. The van der Waals surface area contributed by atoms with Crippen LogP contribution in [0.3, 0.4) is 0 Å². The van der Waals surface area contributed by atoms with Crippen LogP contribution in [0.2, 0.25) is 0 Å². The van der Waals surface area contributed by atoms with Crippen LogP contribution in [0.25, 0.3) is 0 Å². The zero-order chi connectivity index (χ0) is 10.5. The second-order valence-corrected chi connectivity index (χ2v) is 6.19. The van der Waals surface area contributed by atoms with Gasteiger partial charge in [0.25, 0.3) is 0 Å². The van der Waals surface area contributed by atoms with E-state index in [4.69, 9.17) is 0 Å². The molecule has 0 spiro atoms. The molecule has 0 amide bonds. The van der Waals surface area contributed by atoms with Crippen molar-refractivity contribution in [2.24, 2.45) is 11.8 Å². The Morgan fingerprint density at radius 2 is 1.73 bits per heavy atom. The average molecular weight is 227 g/mol. The van der Waals surface area contributed by atoms with E-state index in [1.807, 2.05) is 11.8 Å². The maximum absolute atomic E-state index is 3.83. The van der Waals surface area contributed by atoms with Gasteiger partial charge in [-0.1, -0.05) is 19.3 Å². The Hall–Kier alpha value is 0.310. The predicted molar refractivity (Wildman–Crippen MR) is 69.5 cm³/mol. The Kier molecular flexibility index (Phi) is 4.83. The zero-order valence-corrected chi connectivity index (χ0v) is 10.8. The maximum atomic E-state index is 3.83. The Balaban J connectivity index is 1.76. The Bertz CT molecular complexity index is 173. The lowest BCUT2D eigenvalue weighted by atomic mass is 9.82. The van der Waals surface area contributed by atoms with Crippen LogP contribution in [0.15, 0.2) is 0 Å². The minimum absolute atomic E-state index is 0.873. The van der Waals surface area contributed by atoms with Crippen molar-refractivity contribution in [2.45, 2.75) is 51.0 Å². The number of rotatable bonds is 6. The van der Waals surface area contributed by atoms with Crippen LogP contribution in [-0.4, -0.2) is 24.6 Å². The first-order valence-corrected chi connectivity index (χ1v) is 8.03. The fraction of sp³-hybridized carbons (Fsp3) is 1.00. The third-order valence-corrected chi connectivity index (χ3v) is 4.59. The van der Waals surface area contributed by atoms with E-state index in [-0.39, 0.29) is 0 Å². The highest BCUT2D eigenvalue weighted by Gasteiger charge is 2.36. The first-order valence-electron chi connectivity index (χ1n) is 6.64. The first-order chi connectivity index (χ1) is 7.42. The van der Waals surface area contributed by atoms with Crippen molar-refractivity contribution in [3.63, 3.8) is 0 Å². The van der Waals surface area contributed by atoms with Crippen molar-refractivity contribution in [3.05, 3.63) is 0 Å². The van der Waals surface area contributed by atoms with Gasteiger partial charge in [0, 0.05) is 18.3 Å². The van der Waals surface area contributed by atoms with Gasteiger partial charge >= 0.3 is 0 Å². The SMILES string of the molecule is CSCCNC(C1CCCCC1)C1CC1. The molecule has 0 aliphatic heterocycles. The van der Waals surface area contributed by atoms with Crippen molar-refractivity contribution in [1.29, 1.82) is 0 Å². The van der Waals surface area contributed by atoms with Gasteiger partial charge in [0.1, 0.15) is 0 Å². The van der Waals surface area contributed by atoms with Crippen LogP contribution >= 0.6 is 11.8 Å². The molecule has 2 rings (SSSR count). The van der Waals surface area contributed by atoms with E-state index in [9.17, 15) is 0 Å². The normalized spacial score (nSPS) is 25.4. The molecule has 0 aromatic carbocycles. The first kappa shape index (κ1) is 11.8. The van der Waals surface area contributed by atoms with Gasteiger partial charge in [-0.25, -0.2) is 0 Å². The summed E-state index contributed by atoms with van der Waals surface area (Å²) in [5.74, 6) is 3.32. The number of nitrogens with one attached hydrogen (secondary N) is 1. The highest BCUT2D eigenvalue weighted by atomic mass is 32.2. The van der Waals surface area contributed by atoms with E-state index in [1.165, 1.54) is 57.2 Å². The monoisotopic (exact) mass is 227 g/mol. The molecule has 2 fully saturated rings. The molecule has 1 atom stereocenters. The summed E-state index contributed by atoms with van der Waals surface area (Å²) >= 11 is 1.96. The Morgan fingerprint density at radius 1 is 1.07 bits per heavy atom. The number of hydrogen-bond donors (Lipinski definition) is 1. The fourth-order valence-electron chi connectivity index (χ4n) is 2.99. The molecule has 0 saturated heterocycles. The molecule has 2 aliphatic carbocycles. The molecule has 88 valence electrons. The molecule has 0 heterocycles. The second kappa shape index (κ2) is 6.15. The molecule has 1 nitrogen and oxygen atoms in total. The minimum atomic E-state index is 0.873. The molecule has 0 aromatic rings. The highest BCUT2D eigenvalue weighted by molar-refractivity contribution is 7.98. The highest BCUT2D eigenvalue weighted by Crippen LogP contribution is 2.40. The van der Waals surface area contributed by atoms with Gasteiger partial charge < -0.3 is 5.32 Å². The molecule has 0 bridgehead atoms. The Labute approximate surface area is 98.8 Å². The molecule has 2 saturated carbocycles. The van der Waals surface area contributed by atoms with Gasteiger partial charge in [-0.05, 0) is 43.8 Å². The van der Waals surface area contributed by atoms with E-state index in [1.54, 1.807) is 0 Å². The van der Waals surface area contributed by atoms with Gasteiger partial charge in [-0.3, -0.25) is 0 Å². The van der Waals surface area contributed by atoms with Gasteiger partial charge in [-0.2, -0.15) is 11.8 Å². The standard InChI is InChI=1S/C13H25NS/c1-15-10-9-14-13(12-7-8-12)11-5-3-2-4-6-11/h11-14H,2-10H2,1H3. The summed E-state index contributed by atoms with van der Waals surface area (Å²) in [6.07, 6.45) is 12.6. The predicted octanol–water partition coefficient (Wildman–Crippen LogP) is 3.30. The molecular weight excluding hydrogens is 202 g/mol. The summed E-state index contributed by atoms with van der Waals surface area (Å²) < 4.78 is 0. The van der Waals surface area contributed by atoms with Crippen LogP contribution in [0.5, 0.6) is 0 Å². The molecule has 0 aromatic heterocycles. The lowest BCUT2D eigenvalue weighted by Gasteiger charge is -2.31. The molecule has 2 heteroatoms. The molecule has 0 radical (unpaired) electrons. The van der Waals surface area contributed by atoms with E-state index in [0.29, 0.717) is 0 Å². The summed E-state index contributed by atoms with van der Waals surface area (Å²) in [5, 5.41) is 3.83. The lowest BCUT2D eigenvalue weighted by molar-refractivity contribution is 0.251. The van der Waals surface area contributed by atoms with Crippen molar-refractivity contribution in [2.75, 3.05) is 18.6 Å². The molecular formula is C13H25NS. The van der Waals surface area contributed by atoms with Gasteiger partial charge in [0.05, 0.1) is 0 Å². The van der Waals surface area contributed by atoms with Crippen LogP contribution in [0, 0.1) is 11.8 Å². The third-order valence-electron chi connectivity index (χ3n) is 3.97. The van der Waals surface area contributed by atoms with E-state index >= 15 is 0 Å². The zero-order valence-electron chi connectivity index (χ0n) is 10.0. The Morgan fingerprint density at radius 3 is 2.33 bits per heavy atom. The smallest absolute Gasteiger partial charge is 0.0124 e. The van der Waals surface area contributed by atoms with Crippen molar-refractivity contribution in [1.82, 2.24) is 5.32 Å². The largest absolute Gasteiger partial charge is 0.313 e. The lowest BCUT2D eigenvalue weighted by Crippen LogP contribution is -2.40. The van der Waals surface area contributed by atoms with Crippen molar-refractivity contribution >= 4 is 11.8 Å². The summed E-state index contributed by atoms with van der Waals surface area (Å²) in [7, 11) is 0. The van der Waals surface area contributed by atoms with Crippen LogP contribution < -0.4 is 5.32 Å². The van der Waals surface area contributed by atoms with Crippen LogP contribution in [-0.2, 0) is 0 Å². The van der Waals surface area contributed by atoms with Crippen molar-refractivity contribution in [3.8, 4) is 0 Å². The maximum Gasteiger partial charge on any atom is 0.0124 e. The van der Waals surface area contributed by atoms with Gasteiger partial charge in [-0.15, -0.1) is 0 Å². The van der Waals surface area contributed by atoms with Crippen LogP contribution in [0.4, 0.5) is 0 Å². The average Bonchev–Trinajstić information content (AvgIpc) is 3.10. The molecule has 2 aliphatic rings. The molecule has 1 unspecified atom stereocenters. The second-order valence-electron chi connectivity index (χ2n) is 5.21. The van der Waals surface area contributed by atoms with E-state index < -0.39 is 0 Å². The summed E-state index contributed by atoms with van der Waals surface area (Å²) in [4.78, 5) is 0. The van der Waals surface area contributed by atoms with Gasteiger partial charge in [0.15, 0.2) is 0 Å².